The molecule has 2 N–H and O–H groups in total. The van der Waals surface area contributed by atoms with Crippen molar-refractivity contribution in [2.24, 2.45) is 0 Å². The average molecular weight is 255 g/mol. The Labute approximate surface area is 112 Å². The number of nitrogens with zero attached hydrogens (tertiary/aromatic N) is 1. The SMILES string of the molecule is CC/C=C/CCCC(=O)NCCNCCN(C)C. The van der Waals surface area contributed by atoms with Gasteiger partial charge in [-0.3, -0.25) is 4.79 Å². The van der Waals surface area contributed by atoms with E-state index in [1.807, 2.05) is 0 Å². The molecule has 0 saturated carbocycles. The van der Waals surface area contributed by atoms with Crippen LogP contribution in [0.4, 0.5) is 0 Å². The zero-order chi connectivity index (χ0) is 13.6. The molecule has 0 rings (SSSR count). The van der Waals surface area contributed by atoms with Crippen molar-refractivity contribution in [3.05, 3.63) is 12.2 Å². The molecule has 0 heterocycles. The molecular weight excluding hydrogens is 226 g/mol. The second-order valence-corrected chi connectivity index (χ2v) is 4.68. The summed E-state index contributed by atoms with van der Waals surface area (Å²) in [5, 5.41) is 6.21. The van der Waals surface area contributed by atoms with E-state index in [-0.39, 0.29) is 5.91 Å². The molecule has 0 fully saturated rings. The number of carbonyl (C=O) groups excluding carboxylic acids is 1. The summed E-state index contributed by atoms with van der Waals surface area (Å²) in [5.41, 5.74) is 0. The fraction of sp³-hybridized carbons (Fsp3) is 0.786. The zero-order valence-corrected chi connectivity index (χ0v) is 12.2. The van der Waals surface area contributed by atoms with E-state index < -0.39 is 0 Å². The highest BCUT2D eigenvalue weighted by Crippen LogP contribution is 1.97. The summed E-state index contributed by atoms with van der Waals surface area (Å²) in [7, 11) is 4.10. The zero-order valence-electron chi connectivity index (χ0n) is 12.2. The van der Waals surface area contributed by atoms with E-state index in [4.69, 9.17) is 0 Å². The highest BCUT2D eigenvalue weighted by molar-refractivity contribution is 5.75. The van der Waals surface area contributed by atoms with Crippen LogP contribution in [0.25, 0.3) is 0 Å². The van der Waals surface area contributed by atoms with Gasteiger partial charge in [-0.15, -0.1) is 0 Å². The van der Waals surface area contributed by atoms with E-state index in [2.05, 4.69) is 48.7 Å². The van der Waals surface area contributed by atoms with Crippen LogP contribution in [0.2, 0.25) is 0 Å². The highest BCUT2D eigenvalue weighted by atomic mass is 16.1. The first kappa shape index (κ1) is 17.1. The second-order valence-electron chi connectivity index (χ2n) is 4.68. The van der Waals surface area contributed by atoms with Crippen LogP contribution in [0.15, 0.2) is 12.2 Å². The smallest absolute Gasteiger partial charge is 0.220 e. The molecule has 0 aromatic rings. The second kappa shape index (κ2) is 12.6. The van der Waals surface area contributed by atoms with Gasteiger partial charge < -0.3 is 15.5 Å². The average Bonchev–Trinajstić information content (AvgIpc) is 2.33. The maximum Gasteiger partial charge on any atom is 0.220 e. The van der Waals surface area contributed by atoms with Gasteiger partial charge in [0.15, 0.2) is 0 Å². The predicted octanol–water partition coefficient (Wildman–Crippen LogP) is 1.39. The summed E-state index contributed by atoms with van der Waals surface area (Å²) in [6.07, 6.45) is 7.94. The van der Waals surface area contributed by atoms with Crippen molar-refractivity contribution in [2.75, 3.05) is 40.3 Å². The van der Waals surface area contributed by atoms with Gasteiger partial charge in [0.2, 0.25) is 5.91 Å². The van der Waals surface area contributed by atoms with Crippen LogP contribution >= 0.6 is 0 Å². The van der Waals surface area contributed by atoms with Crippen LogP contribution in [0.1, 0.15) is 32.6 Å². The fourth-order valence-corrected chi connectivity index (χ4v) is 1.47. The Morgan fingerprint density at radius 3 is 2.61 bits per heavy atom. The molecule has 4 heteroatoms. The van der Waals surface area contributed by atoms with Gasteiger partial charge in [0.1, 0.15) is 0 Å². The van der Waals surface area contributed by atoms with Crippen molar-refractivity contribution < 1.29 is 4.79 Å². The van der Waals surface area contributed by atoms with Gasteiger partial charge in [0.25, 0.3) is 0 Å². The molecule has 0 unspecified atom stereocenters. The van der Waals surface area contributed by atoms with Crippen molar-refractivity contribution in [2.45, 2.75) is 32.6 Å². The molecule has 106 valence electrons. The molecule has 0 radical (unpaired) electrons. The quantitative estimate of drug-likeness (QED) is 0.433. The molecule has 0 saturated heterocycles. The highest BCUT2D eigenvalue weighted by Gasteiger charge is 1.98. The van der Waals surface area contributed by atoms with Crippen LogP contribution in [0.3, 0.4) is 0 Å². The Bertz CT molecular complexity index is 227. The molecule has 0 aromatic heterocycles. The summed E-state index contributed by atoms with van der Waals surface area (Å²) in [6, 6.07) is 0. The van der Waals surface area contributed by atoms with Gasteiger partial charge in [-0.2, -0.15) is 0 Å². The monoisotopic (exact) mass is 255 g/mol. The summed E-state index contributed by atoms with van der Waals surface area (Å²) in [5.74, 6) is 0.161. The first-order valence-corrected chi connectivity index (χ1v) is 6.94. The van der Waals surface area contributed by atoms with Crippen LogP contribution in [0.5, 0.6) is 0 Å². The van der Waals surface area contributed by atoms with E-state index in [0.717, 1.165) is 45.4 Å². The third kappa shape index (κ3) is 13.2. The molecule has 1 amide bonds. The van der Waals surface area contributed by atoms with E-state index in [9.17, 15) is 4.79 Å². The van der Waals surface area contributed by atoms with E-state index in [1.165, 1.54) is 0 Å². The molecule has 0 aliphatic heterocycles. The van der Waals surface area contributed by atoms with Crippen LogP contribution in [-0.4, -0.2) is 51.1 Å². The number of hydrogen-bond donors (Lipinski definition) is 2. The van der Waals surface area contributed by atoms with Gasteiger partial charge >= 0.3 is 0 Å². The molecule has 4 nitrogen and oxygen atoms in total. The lowest BCUT2D eigenvalue weighted by molar-refractivity contribution is -0.121. The molecule has 0 atom stereocenters. The van der Waals surface area contributed by atoms with Crippen molar-refractivity contribution in [1.82, 2.24) is 15.5 Å². The van der Waals surface area contributed by atoms with E-state index >= 15 is 0 Å². The normalized spacial score (nSPS) is 11.3. The standard InChI is InChI=1S/C14H29N3O/c1-4-5-6-7-8-9-14(18)16-11-10-15-12-13-17(2)3/h5-6,15H,4,7-13H2,1-3H3,(H,16,18)/b6-5+. The minimum Gasteiger partial charge on any atom is -0.355 e. The Morgan fingerprint density at radius 2 is 1.94 bits per heavy atom. The topological polar surface area (TPSA) is 44.4 Å². The molecule has 0 aliphatic rings. The molecule has 0 aromatic carbocycles. The van der Waals surface area contributed by atoms with Crippen molar-refractivity contribution in [3.8, 4) is 0 Å². The first-order chi connectivity index (χ1) is 8.66. The minimum absolute atomic E-state index is 0.161. The molecule has 0 spiro atoms. The Morgan fingerprint density at radius 1 is 1.17 bits per heavy atom. The van der Waals surface area contributed by atoms with E-state index in [0.29, 0.717) is 6.42 Å². The Balaban J connectivity index is 3.24. The van der Waals surface area contributed by atoms with Crippen LogP contribution < -0.4 is 10.6 Å². The Kier molecular flexibility index (Phi) is 12.0. The molecule has 18 heavy (non-hydrogen) atoms. The van der Waals surface area contributed by atoms with E-state index in [1.54, 1.807) is 0 Å². The lowest BCUT2D eigenvalue weighted by Gasteiger charge is -2.10. The maximum atomic E-state index is 11.4. The maximum absolute atomic E-state index is 11.4. The number of carbonyl (C=O) groups is 1. The number of amides is 1. The number of unbranched alkanes of at least 4 members (excludes halogenated alkanes) is 1. The third-order valence-corrected chi connectivity index (χ3v) is 2.54. The number of allylic oxidation sites excluding steroid dienone is 2. The fourth-order valence-electron chi connectivity index (χ4n) is 1.47. The lowest BCUT2D eigenvalue weighted by Crippen LogP contribution is -2.34. The summed E-state index contributed by atoms with van der Waals surface area (Å²) >= 11 is 0. The number of rotatable bonds is 11. The number of likely N-dealkylation sites (N-methyl/N-ethyl adjacent to an activating group) is 1. The molecule has 0 bridgehead atoms. The van der Waals surface area contributed by atoms with Crippen LogP contribution in [0, 0.1) is 0 Å². The van der Waals surface area contributed by atoms with Gasteiger partial charge in [0, 0.05) is 32.6 Å². The predicted molar refractivity (Wildman–Crippen MR) is 77.7 cm³/mol. The summed E-state index contributed by atoms with van der Waals surface area (Å²) in [4.78, 5) is 13.6. The van der Waals surface area contributed by atoms with Gasteiger partial charge in [0.05, 0.1) is 0 Å². The minimum atomic E-state index is 0.161. The van der Waals surface area contributed by atoms with Crippen molar-refractivity contribution >= 4 is 5.91 Å². The first-order valence-electron chi connectivity index (χ1n) is 6.94. The van der Waals surface area contributed by atoms with Crippen molar-refractivity contribution in [1.29, 1.82) is 0 Å². The molecular formula is C14H29N3O. The number of hydrogen-bond acceptors (Lipinski definition) is 3. The lowest BCUT2D eigenvalue weighted by atomic mass is 10.2. The summed E-state index contributed by atoms with van der Waals surface area (Å²) < 4.78 is 0. The largest absolute Gasteiger partial charge is 0.355 e. The van der Waals surface area contributed by atoms with Gasteiger partial charge in [-0.05, 0) is 33.4 Å². The van der Waals surface area contributed by atoms with Gasteiger partial charge in [-0.25, -0.2) is 0 Å². The van der Waals surface area contributed by atoms with Gasteiger partial charge in [-0.1, -0.05) is 19.1 Å². The van der Waals surface area contributed by atoms with Crippen molar-refractivity contribution in [3.63, 3.8) is 0 Å². The Hall–Kier alpha value is -0.870. The summed E-state index contributed by atoms with van der Waals surface area (Å²) in [6.45, 7) is 5.67. The third-order valence-electron chi connectivity index (χ3n) is 2.54. The van der Waals surface area contributed by atoms with Crippen LogP contribution in [-0.2, 0) is 4.79 Å². The number of nitrogens with one attached hydrogen (secondary N) is 2. The molecule has 0 aliphatic carbocycles.